The highest BCUT2D eigenvalue weighted by atomic mass is 16.5. The van der Waals surface area contributed by atoms with Crippen LogP contribution in [0.15, 0.2) is 0 Å². The van der Waals surface area contributed by atoms with E-state index < -0.39 is 5.97 Å². The van der Waals surface area contributed by atoms with Crippen LogP contribution in [0.1, 0.15) is 51.9 Å². The van der Waals surface area contributed by atoms with E-state index in [4.69, 9.17) is 9.84 Å². The van der Waals surface area contributed by atoms with Crippen LogP contribution in [0.3, 0.4) is 0 Å². The zero-order valence-corrected chi connectivity index (χ0v) is 12.0. The molecular formula is C15H27NO3. The first-order chi connectivity index (χ1) is 9.15. The Hall–Kier alpha value is -0.610. The van der Waals surface area contributed by atoms with E-state index in [1.54, 1.807) is 0 Å². The summed E-state index contributed by atoms with van der Waals surface area (Å²) < 4.78 is 5.40. The number of piperidine rings is 1. The summed E-state index contributed by atoms with van der Waals surface area (Å²) in [4.78, 5) is 13.1. The fourth-order valence-corrected chi connectivity index (χ4v) is 3.43. The molecule has 2 rings (SSSR count). The molecule has 2 atom stereocenters. The second-order valence-electron chi connectivity index (χ2n) is 6.21. The Kier molecular flexibility index (Phi) is 5.64. The quantitative estimate of drug-likeness (QED) is 0.797. The molecule has 0 bridgehead atoms. The SMILES string of the molecule is CC1CCCC(N2CCC(OCC(=O)O)CC2)CC1. The summed E-state index contributed by atoms with van der Waals surface area (Å²) >= 11 is 0. The molecule has 1 aliphatic heterocycles. The van der Waals surface area contributed by atoms with Gasteiger partial charge in [0.15, 0.2) is 0 Å². The van der Waals surface area contributed by atoms with Crippen LogP contribution in [0, 0.1) is 5.92 Å². The van der Waals surface area contributed by atoms with Crippen molar-refractivity contribution in [3.8, 4) is 0 Å². The second kappa shape index (κ2) is 7.25. The van der Waals surface area contributed by atoms with Crippen LogP contribution in [0.2, 0.25) is 0 Å². The Morgan fingerprint density at radius 2 is 1.89 bits per heavy atom. The highest BCUT2D eigenvalue weighted by Crippen LogP contribution is 2.28. The van der Waals surface area contributed by atoms with Crippen LogP contribution in [0.4, 0.5) is 0 Å². The lowest BCUT2D eigenvalue weighted by Crippen LogP contribution is -2.43. The molecule has 0 aromatic carbocycles. The third-order valence-corrected chi connectivity index (χ3v) is 4.66. The molecule has 1 aliphatic carbocycles. The normalized spacial score (nSPS) is 31.0. The number of hydrogen-bond acceptors (Lipinski definition) is 3. The van der Waals surface area contributed by atoms with Crippen LogP contribution in [0.25, 0.3) is 0 Å². The second-order valence-corrected chi connectivity index (χ2v) is 6.21. The van der Waals surface area contributed by atoms with Gasteiger partial charge in [-0.2, -0.15) is 0 Å². The minimum absolute atomic E-state index is 0.147. The van der Waals surface area contributed by atoms with E-state index in [0.717, 1.165) is 37.9 Å². The summed E-state index contributed by atoms with van der Waals surface area (Å²) in [6.07, 6.45) is 8.90. The summed E-state index contributed by atoms with van der Waals surface area (Å²) in [5.41, 5.74) is 0. The number of hydrogen-bond donors (Lipinski definition) is 1. The average molecular weight is 269 g/mol. The molecule has 1 heterocycles. The molecule has 2 aliphatic rings. The fraction of sp³-hybridized carbons (Fsp3) is 0.933. The van der Waals surface area contributed by atoms with Gasteiger partial charge in [0.1, 0.15) is 6.61 Å². The minimum Gasteiger partial charge on any atom is -0.480 e. The van der Waals surface area contributed by atoms with Gasteiger partial charge < -0.3 is 14.7 Å². The van der Waals surface area contributed by atoms with Gasteiger partial charge in [-0.15, -0.1) is 0 Å². The van der Waals surface area contributed by atoms with Crippen molar-refractivity contribution in [2.45, 2.75) is 64.0 Å². The highest BCUT2D eigenvalue weighted by molar-refractivity contribution is 5.68. The van der Waals surface area contributed by atoms with Crippen LogP contribution >= 0.6 is 0 Å². The molecule has 2 fully saturated rings. The highest BCUT2D eigenvalue weighted by Gasteiger charge is 2.27. The molecular weight excluding hydrogens is 242 g/mol. The van der Waals surface area contributed by atoms with Gasteiger partial charge in [0.2, 0.25) is 0 Å². The molecule has 1 saturated heterocycles. The van der Waals surface area contributed by atoms with Crippen LogP contribution < -0.4 is 0 Å². The summed E-state index contributed by atoms with van der Waals surface area (Å²) in [6.45, 7) is 4.37. The lowest BCUT2D eigenvalue weighted by molar-refractivity contribution is -0.145. The van der Waals surface area contributed by atoms with Crippen molar-refractivity contribution in [2.75, 3.05) is 19.7 Å². The van der Waals surface area contributed by atoms with Crippen molar-refractivity contribution in [2.24, 2.45) is 5.92 Å². The van der Waals surface area contributed by atoms with Crippen LogP contribution in [0.5, 0.6) is 0 Å². The molecule has 0 aromatic rings. The van der Waals surface area contributed by atoms with Gasteiger partial charge in [-0.3, -0.25) is 0 Å². The molecule has 0 amide bonds. The number of aliphatic carboxylic acids is 1. The lowest BCUT2D eigenvalue weighted by Gasteiger charge is -2.37. The predicted molar refractivity (Wildman–Crippen MR) is 74.2 cm³/mol. The molecule has 0 aromatic heterocycles. The van der Waals surface area contributed by atoms with Gasteiger partial charge in [-0.25, -0.2) is 4.79 Å². The van der Waals surface area contributed by atoms with Gasteiger partial charge >= 0.3 is 5.97 Å². The fourth-order valence-electron chi connectivity index (χ4n) is 3.43. The molecule has 1 N–H and O–H groups in total. The Labute approximate surface area is 116 Å². The maximum Gasteiger partial charge on any atom is 0.329 e. The van der Waals surface area contributed by atoms with E-state index in [0.29, 0.717) is 0 Å². The Morgan fingerprint density at radius 1 is 1.16 bits per heavy atom. The molecule has 0 radical (unpaired) electrons. The van der Waals surface area contributed by atoms with Crippen LogP contribution in [-0.4, -0.2) is 47.8 Å². The molecule has 0 spiro atoms. The van der Waals surface area contributed by atoms with Crippen molar-refractivity contribution >= 4 is 5.97 Å². The summed E-state index contributed by atoms with van der Waals surface area (Å²) in [7, 11) is 0. The summed E-state index contributed by atoms with van der Waals surface area (Å²) in [6, 6.07) is 0.755. The number of likely N-dealkylation sites (tertiary alicyclic amines) is 1. The van der Waals surface area contributed by atoms with Gasteiger partial charge in [-0.05, 0) is 38.0 Å². The topological polar surface area (TPSA) is 49.8 Å². The molecule has 110 valence electrons. The monoisotopic (exact) mass is 269 g/mol. The molecule has 19 heavy (non-hydrogen) atoms. The molecule has 1 saturated carbocycles. The van der Waals surface area contributed by atoms with Crippen molar-refractivity contribution in [3.05, 3.63) is 0 Å². The van der Waals surface area contributed by atoms with Crippen LogP contribution in [-0.2, 0) is 9.53 Å². The van der Waals surface area contributed by atoms with E-state index in [1.165, 1.54) is 32.1 Å². The number of carbonyl (C=O) groups is 1. The molecule has 2 unspecified atom stereocenters. The average Bonchev–Trinajstić information content (AvgIpc) is 2.62. The standard InChI is InChI=1S/C15H27NO3/c1-12-3-2-4-13(6-5-12)16-9-7-14(8-10-16)19-11-15(17)18/h12-14H,2-11H2,1H3,(H,17,18). The Balaban J connectivity index is 1.71. The first-order valence-electron chi connectivity index (χ1n) is 7.72. The molecule has 4 heteroatoms. The smallest absolute Gasteiger partial charge is 0.329 e. The van der Waals surface area contributed by atoms with Crippen molar-refractivity contribution in [3.63, 3.8) is 0 Å². The third kappa shape index (κ3) is 4.77. The van der Waals surface area contributed by atoms with E-state index in [-0.39, 0.29) is 12.7 Å². The van der Waals surface area contributed by atoms with E-state index in [2.05, 4.69) is 11.8 Å². The lowest BCUT2D eigenvalue weighted by atomic mass is 10.0. The Bertz CT molecular complexity index is 287. The van der Waals surface area contributed by atoms with E-state index in [9.17, 15) is 4.79 Å². The van der Waals surface area contributed by atoms with Gasteiger partial charge in [0, 0.05) is 19.1 Å². The first-order valence-corrected chi connectivity index (χ1v) is 7.72. The number of nitrogens with zero attached hydrogens (tertiary/aromatic N) is 1. The van der Waals surface area contributed by atoms with Gasteiger partial charge in [0.05, 0.1) is 6.10 Å². The largest absolute Gasteiger partial charge is 0.480 e. The Morgan fingerprint density at radius 3 is 2.58 bits per heavy atom. The number of rotatable bonds is 4. The van der Waals surface area contributed by atoms with Gasteiger partial charge in [-0.1, -0.05) is 19.8 Å². The number of ether oxygens (including phenoxy) is 1. The minimum atomic E-state index is -0.861. The maximum absolute atomic E-state index is 10.5. The number of carboxylic acid groups (broad SMARTS) is 1. The van der Waals surface area contributed by atoms with E-state index in [1.807, 2.05) is 0 Å². The zero-order chi connectivity index (χ0) is 13.7. The van der Waals surface area contributed by atoms with Crippen molar-refractivity contribution in [1.29, 1.82) is 0 Å². The zero-order valence-electron chi connectivity index (χ0n) is 12.0. The first kappa shape index (κ1) is 14.8. The van der Waals surface area contributed by atoms with Crippen molar-refractivity contribution in [1.82, 2.24) is 4.90 Å². The van der Waals surface area contributed by atoms with Gasteiger partial charge in [0.25, 0.3) is 0 Å². The van der Waals surface area contributed by atoms with Crippen molar-refractivity contribution < 1.29 is 14.6 Å². The van der Waals surface area contributed by atoms with E-state index >= 15 is 0 Å². The predicted octanol–water partition coefficient (Wildman–Crippen LogP) is 2.52. The summed E-state index contributed by atoms with van der Waals surface area (Å²) in [5, 5.41) is 8.62. The number of carboxylic acids is 1. The molecule has 4 nitrogen and oxygen atoms in total. The maximum atomic E-state index is 10.5. The third-order valence-electron chi connectivity index (χ3n) is 4.66. The summed E-state index contributed by atoms with van der Waals surface area (Å²) in [5.74, 6) is 0.0293.